The number of carboxylic acids is 1. The maximum absolute atomic E-state index is 12.0. The first-order valence-corrected chi connectivity index (χ1v) is 6.46. The van der Waals surface area contributed by atoms with Crippen molar-refractivity contribution in [2.75, 3.05) is 19.6 Å². The second kappa shape index (κ2) is 5.07. The number of rotatable bonds is 2. The summed E-state index contributed by atoms with van der Waals surface area (Å²) in [4.78, 5) is 35.7. The molecule has 2 fully saturated rings. The van der Waals surface area contributed by atoms with E-state index < -0.39 is 11.4 Å². The average Bonchev–Trinajstić information content (AvgIpc) is 2.76. The summed E-state index contributed by atoms with van der Waals surface area (Å²) < 4.78 is 0. The first-order valence-electron chi connectivity index (χ1n) is 6.46. The van der Waals surface area contributed by atoms with Gasteiger partial charge < -0.3 is 20.6 Å². The molecule has 3 amide bonds. The zero-order valence-corrected chi connectivity index (χ0v) is 10.9. The summed E-state index contributed by atoms with van der Waals surface area (Å²) in [7, 11) is 0. The third-order valence-corrected chi connectivity index (χ3v) is 3.87. The van der Waals surface area contributed by atoms with Gasteiger partial charge in [-0.25, -0.2) is 4.79 Å². The van der Waals surface area contributed by atoms with Crippen LogP contribution in [0, 0.1) is 5.41 Å². The molecule has 19 heavy (non-hydrogen) atoms. The molecule has 2 unspecified atom stereocenters. The van der Waals surface area contributed by atoms with E-state index in [4.69, 9.17) is 5.11 Å². The molecule has 0 spiro atoms. The quantitative estimate of drug-likeness (QED) is 0.645. The van der Waals surface area contributed by atoms with Crippen molar-refractivity contribution in [2.24, 2.45) is 5.41 Å². The smallest absolute Gasteiger partial charge is 0.317 e. The topological polar surface area (TPSA) is 98.7 Å². The number of piperidine rings is 1. The predicted molar refractivity (Wildman–Crippen MR) is 66.5 cm³/mol. The van der Waals surface area contributed by atoms with E-state index in [9.17, 15) is 14.4 Å². The van der Waals surface area contributed by atoms with Gasteiger partial charge in [0, 0.05) is 32.1 Å². The maximum atomic E-state index is 12.0. The van der Waals surface area contributed by atoms with Gasteiger partial charge >= 0.3 is 12.0 Å². The third-order valence-electron chi connectivity index (χ3n) is 3.87. The number of hydrogen-bond donors (Lipinski definition) is 3. The minimum Gasteiger partial charge on any atom is -0.481 e. The Labute approximate surface area is 111 Å². The van der Waals surface area contributed by atoms with Crippen molar-refractivity contribution < 1.29 is 19.5 Å². The van der Waals surface area contributed by atoms with Crippen LogP contribution in [0.4, 0.5) is 4.79 Å². The second-order valence-corrected chi connectivity index (χ2v) is 5.53. The second-order valence-electron chi connectivity index (χ2n) is 5.53. The first kappa shape index (κ1) is 13.6. The molecular weight excluding hydrogens is 250 g/mol. The number of carbonyl (C=O) groups is 3. The van der Waals surface area contributed by atoms with Gasteiger partial charge in [-0.3, -0.25) is 9.59 Å². The van der Waals surface area contributed by atoms with Gasteiger partial charge in [-0.2, -0.15) is 0 Å². The number of urea groups is 1. The predicted octanol–water partition coefficient (Wildman–Crippen LogP) is -0.229. The molecule has 2 saturated heterocycles. The lowest BCUT2D eigenvalue weighted by Gasteiger charge is -2.27. The van der Waals surface area contributed by atoms with E-state index in [1.807, 2.05) is 0 Å². The Morgan fingerprint density at radius 2 is 2.26 bits per heavy atom. The van der Waals surface area contributed by atoms with Gasteiger partial charge in [0.15, 0.2) is 0 Å². The molecule has 2 aliphatic heterocycles. The lowest BCUT2D eigenvalue weighted by molar-refractivity contribution is -0.147. The van der Waals surface area contributed by atoms with Crippen LogP contribution in [0.5, 0.6) is 0 Å². The molecule has 0 aliphatic carbocycles. The number of carboxylic acid groups (broad SMARTS) is 1. The Hall–Kier alpha value is -1.79. The Bertz CT molecular complexity index is 402. The molecule has 0 aromatic carbocycles. The molecule has 2 heterocycles. The van der Waals surface area contributed by atoms with Gasteiger partial charge in [0.1, 0.15) is 0 Å². The van der Waals surface area contributed by atoms with E-state index in [0.717, 1.165) is 0 Å². The molecule has 7 heteroatoms. The van der Waals surface area contributed by atoms with Gasteiger partial charge in [0.25, 0.3) is 0 Å². The van der Waals surface area contributed by atoms with Gasteiger partial charge in [-0.05, 0) is 19.8 Å². The Morgan fingerprint density at radius 1 is 1.53 bits per heavy atom. The summed E-state index contributed by atoms with van der Waals surface area (Å²) in [6.07, 6.45) is 1.51. The number of aliphatic carboxylic acids is 1. The van der Waals surface area contributed by atoms with Crippen molar-refractivity contribution >= 4 is 17.9 Å². The largest absolute Gasteiger partial charge is 0.481 e. The molecular formula is C12H19N3O4. The van der Waals surface area contributed by atoms with Crippen LogP contribution in [0.1, 0.15) is 26.2 Å². The fourth-order valence-corrected chi connectivity index (χ4v) is 2.43. The lowest BCUT2D eigenvalue weighted by Crippen LogP contribution is -2.51. The molecule has 2 rings (SSSR count). The Balaban J connectivity index is 1.85. The minimum atomic E-state index is -0.868. The van der Waals surface area contributed by atoms with Crippen molar-refractivity contribution in [1.29, 1.82) is 0 Å². The summed E-state index contributed by atoms with van der Waals surface area (Å²) in [6, 6.07) is -0.312. The highest BCUT2D eigenvalue weighted by Gasteiger charge is 2.42. The zero-order valence-electron chi connectivity index (χ0n) is 10.9. The van der Waals surface area contributed by atoms with Crippen molar-refractivity contribution in [3.63, 3.8) is 0 Å². The van der Waals surface area contributed by atoms with Gasteiger partial charge in [-0.15, -0.1) is 0 Å². The first-order chi connectivity index (χ1) is 8.90. The summed E-state index contributed by atoms with van der Waals surface area (Å²) in [6.45, 7) is 2.78. The molecule has 2 atom stereocenters. The number of likely N-dealkylation sites (tertiary alicyclic amines) is 1. The number of nitrogens with zero attached hydrogens (tertiary/aromatic N) is 1. The molecule has 0 aromatic rings. The summed E-state index contributed by atoms with van der Waals surface area (Å²) >= 11 is 0. The van der Waals surface area contributed by atoms with E-state index in [-0.39, 0.29) is 24.5 Å². The average molecular weight is 269 g/mol. The van der Waals surface area contributed by atoms with Crippen LogP contribution < -0.4 is 10.6 Å². The molecule has 3 N–H and O–H groups in total. The number of hydrogen-bond acceptors (Lipinski definition) is 3. The van der Waals surface area contributed by atoms with E-state index in [1.54, 1.807) is 6.92 Å². The van der Waals surface area contributed by atoms with Crippen LogP contribution >= 0.6 is 0 Å². The summed E-state index contributed by atoms with van der Waals surface area (Å²) in [5.41, 5.74) is -0.849. The molecule has 0 saturated carbocycles. The van der Waals surface area contributed by atoms with Crippen molar-refractivity contribution in [1.82, 2.24) is 15.5 Å². The standard InChI is InChI=1S/C12H19N3O4/c1-12(10(17)18)4-5-15(7-12)11(19)14-8-2-3-9(16)13-6-8/h8H,2-7H2,1H3,(H,13,16)(H,14,19)(H,17,18). The molecule has 106 valence electrons. The van der Waals surface area contributed by atoms with Crippen LogP contribution in [0.15, 0.2) is 0 Å². The van der Waals surface area contributed by atoms with E-state index in [2.05, 4.69) is 10.6 Å². The molecule has 7 nitrogen and oxygen atoms in total. The molecule has 0 aromatic heterocycles. The highest BCUT2D eigenvalue weighted by molar-refractivity contribution is 5.80. The number of nitrogens with one attached hydrogen (secondary N) is 2. The van der Waals surface area contributed by atoms with Crippen LogP contribution in [0.3, 0.4) is 0 Å². The fourth-order valence-electron chi connectivity index (χ4n) is 2.43. The van der Waals surface area contributed by atoms with Crippen LogP contribution in [0.25, 0.3) is 0 Å². The normalized spacial score (nSPS) is 30.9. The van der Waals surface area contributed by atoms with Crippen molar-refractivity contribution in [3.8, 4) is 0 Å². The van der Waals surface area contributed by atoms with Gasteiger partial charge in [0.2, 0.25) is 5.91 Å². The van der Waals surface area contributed by atoms with Crippen molar-refractivity contribution in [3.05, 3.63) is 0 Å². The van der Waals surface area contributed by atoms with Crippen LogP contribution in [0.2, 0.25) is 0 Å². The SMILES string of the molecule is CC1(C(=O)O)CCN(C(=O)NC2CCC(=O)NC2)C1. The highest BCUT2D eigenvalue weighted by Crippen LogP contribution is 2.30. The van der Waals surface area contributed by atoms with Crippen LogP contribution in [-0.2, 0) is 9.59 Å². The summed E-state index contributed by atoms with van der Waals surface area (Å²) in [5.74, 6) is -0.863. The molecule has 0 bridgehead atoms. The maximum Gasteiger partial charge on any atom is 0.317 e. The zero-order chi connectivity index (χ0) is 14.0. The third kappa shape index (κ3) is 2.97. The summed E-state index contributed by atoms with van der Waals surface area (Å²) in [5, 5.41) is 14.7. The minimum absolute atomic E-state index is 0.00474. The highest BCUT2D eigenvalue weighted by atomic mass is 16.4. The van der Waals surface area contributed by atoms with Gasteiger partial charge in [0.05, 0.1) is 5.41 Å². The number of amides is 3. The van der Waals surface area contributed by atoms with E-state index in [1.165, 1.54) is 4.90 Å². The number of carbonyl (C=O) groups excluding carboxylic acids is 2. The fraction of sp³-hybridized carbons (Fsp3) is 0.750. The Morgan fingerprint density at radius 3 is 2.79 bits per heavy atom. The Kier molecular flexibility index (Phi) is 3.64. The van der Waals surface area contributed by atoms with E-state index in [0.29, 0.717) is 32.4 Å². The van der Waals surface area contributed by atoms with E-state index >= 15 is 0 Å². The van der Waals surface area contributed by atoms with Crippen molar-refractivity contribution in [2.45, 2.75) is 32.2 Å². The molecule has 2 aliphatic rings. The lowest BCUT2D eigenvalue weighted by atomic mass is 9.90. The van der Waals surface area contributed by atoms with Crippen LogP contribution in [-0.4, -0.2) is 53.6 Å². The monoisotopic (exact) mass is 269 g/mol. The molecule has 0 radical (unpaired) electrons. The van der Waals surface area contributed by atoms with Gasteiger partial charge in [-0.1, -0.05) is 0 Å².